The number of aliphatic hydroxyl groups is 1. The number of alkyl halides is 1. The van der Waals surface area contributed by atoms with Crippen LogP contribution in [0, 0.1) is 12.8 Å². The predicted molar refractivity (Wildman–Crippen MR) is 88.3 cm³/mol. The molecule has 2 rings (SSSR count). The van der Waals surface area contributed by atoms with Crippen molar-refractivity contribution in [1.29, 1.82) is 0 Å². The number of hydrogen-bond donors (Lipinski definition) is 4. The van der Waals surface area contributed by atoms with Crippen molar-refractivity contribution < 1.29 is 38.1 Å². The van der Waals surface area contributed by atoms with Crippen LogP contribution < -0.4 is 11.2 Å². The first kappa shape index (κ1) is 21.5. The second-order valence-corrected chi connectivity index (χ2v) is 8.23. The van der Waals surface area contributed by atoms with Crippen molar-refractivity contribution in [2.75, 3.05) is 12.8 Å². The van der Waals surface area contributed by atoms with Crippen LogP contribution in [0.1, 0.15) is 18.7 Å². The third-order valence-electron chi connectivity index (χ3n) is 4.08. The Morgan fingerprint density at radius 1 is 1.52 bits per heavy atom. The molecule has 1 aliphatic rings. The van der Waals surface area contributed by atoms with Crippen LogP contribution in [0.5, 0.6) is 0 Å². The fourth-order valence-corrected chi connectivity index (χ4v) is 3.84. The van der Waals surface area contributed by atoms with Crippen molar-refractivity contribution in [3.8, 4) is 0 Å². The number of aliphatic hydroxyl groups excluding tert-OH is 1. The Kier molecular flexibility index (Phi) is 6.38. The van der Waals surface area contributed by atoms with Gasteiger partial charge in [-0.25, -0.2) is 9.18 Å². The lowest BCUT2D eigenvalue weighted by Crippen LogP contribution is -2.36. The van der Waals surface area contributed by atoms with Crippen LogP contribution in [0.15, 0.2) is 15.8 Å². The summed E-state index contributed by atoms with van der Waals surface area (Å²) in [5, 5.41) is 18.7. The number of ether oxygens (including phenoxy) is 1. The number of halogens is 1. The minimum Gasteiger partial charge on any atom is -0.481 e. The summed E-state index contributed by atoms with van der Waals surface area (Å²) in [6, 6.07) is 0. The zero-order valence-electron chi connectivity index (χ0n) is 14.4. The molecule has 6 atom stereocenters. The Bertz CT molecular complexity index is 869. The highest BCUT2D eigenvalue weighted by molar-refractivity contribution is 7.52. The van der Waals surface area contributed by atoms with E-state index in [1.54, 1.807) is 0 Å². The summed E-state index contributed by atoms with van der Waals surface area (Å²) in [4.78, 5) is 45.7. The highest BCUT2D eigenvalue weighted by Crippen LogP contribution is 2.45. The van der Waals surface area contributed by atoms with Crippen LogP contribution >= 0.6 is 7.60 Å². The van der Waals surface area contributed by atoms with E-state index in [0.717, 1.165) is 10.8 Å². The normalized spacial score (nSPS) is 28.6. The number of carboxylic acid groups (broad SMARTS) is 1. The van der Waals surface area contributed by atoms with E-state index in [-0.39, 0.29) is 5.56 Å². The van der Waals surface area contributed by atoms with Crippen LogP contribution in [0.3, 0.4) is 0 Å². The van der Waals surface area contributed by atoms with E-state index in [4.69, 9.17) is 14.4 Å². The first-order valence-electron chi connectivity index (χ1n) is 7.92. The second kappa shape index (κ2) is 8.03. The Hall–Kier alpha value is -1.85. The molecule has 0 radical (unpaired) electrons. The van der Waals surface area contributed by atoms with E-state index in [0.29, 0.717) is 0 Å². The van der Waals surface area contributed by atoms with Gasteiger partial charge in [0, 0.05) is 11.8 Å². The SMILES string of the molecule is Cc1cn([C@H]2O[C@@H](COP(=O)(O)C[C@@H](C)C(=O)O)C(O)[C@H]2F)c(=O)[nH]c1=O. The number of aromatic nitrogens is 2. The molecule has 2 unspecified atom stereocenters. The average Bonchev–Trinajstić information content (AvgIpc) is 2.84. The quantitative estimate of drug-likeness (QED) is 0.427. The molecule has 11 nitrogen and oxygen atoms in total. The van der Waals surface area contributed by atoms with E-state index in [9.17, 15) is 33.3 Å². The lowest BCUT2D eigenvalue weighted by atomic mass is 10.1. The van der Waals surface area contributed by atoms with Gasteiger partial charge in [0.2, 0.25) is 0 Å². The van der Waals surface area contributed by atoms with E-state index in [1.807, 2.05) is 4.98 Å². The van der Waals surface area contributed by atoms with Gasteiger partial charge in [-0.2, -0.15) is 0 Å². The standard InChI is InChI=1S/C14H20FN2O9P/c1-6-3-17(14(22)16-11(6)19)12-9(15)10(18)8(26-12)4-25-27(23,24)5-7(2)13(20)21/h3,7-10,12,18H,4-5H2,1-2H3,(H,20,21)(H,23,24)(H,16,19,22)/t7-,8+,9-,10?,12+/m1/s1. The van der Waals surface area contributed by atoms with Crippen molar-refractivity contribution in [3.63, 3.8) is 0 Å². The van der Waals surface area contributed by atoms with Gasteiger partial charge in [-0.3, -0.25) is 23.7 Å². The minimum atomic E-state index is -4.33. The number of rotatable bonds is 7. The number of hydrogen-bond acceptors (Lipinski definition) is 7. The van der Waals surface area contributed by atoms with Crippen molar-refractivity contribution >= 4 is 13.6 Å². The monoisotopic (exact) mass is 410 g/mol. The molecule has 27 heavy (non-hydrogen) atoms. The molecular formula is C14H20FN2O9P. The fourth-order valence-electron chi connectivity index (χ4n) is 2.51. The zero-order valence-corrected chi connectivity index (χ0v) is 15.3. The molecule has 4 N–H and O–H groups in total. The van der Waals surface area contributed by atoms with Crippen molar-refractivity contribution in [3.05, 3.63) is 32.6 Å². The van der Waals surface area contributed by atoms with E-state index < -0.39 is 68.1 Å². The van der Waals surface area contributed by atoms with Gasteiger partial charge in [0.25, 0.3) is 5.56 Å². The molecule has 0 saturated carbocycles. The molecule has 0 amide bonds. The Morgan fingerprint density at radius 3 is 2.74 bits per heavy atom. The van der Waals surface area contributed by atoms with Gasteiger partial charge >= 0.3 is 19.3 Å². The minimum absolute atomic E-state index is 0.113. The fraction of sp³-hybridized carbons (Fsp3) is 0.643. The molecule has 0 spiro atoms. The van der Waals surface area contributed by atoms with Crippen LogP contribution in [0.25, 0.3) is 0 Å². The average molecular weight is 410 g/mol. The first-order valence-corrected chi connectivity index (χ1v) is 9.68. The summed E-state index contributed by atoms with van der Waals surface area (Å²) in [5.41, 5.74) is -1.49. The van der Waals surface area contributed by atoms with Gasteiger partial charge in [0.1, 0.15) is 12.2 Å². The van der Waals surface area contributed by atoms with Gasteiger partial charge in [0.15, 0.2) is 12.4 Å². The summed E-state index contributed by atoms with van der Waals surface area (Å²) in [6.45, 7) is 1.91. The third-order valence-corrected chi connectivity index (χ3v) is 5.64. The Morgan fingerprint density at radius 2 is 2.15 bits per heavy atom. The molecule has 1 saturated heterocycles. The third kappa shape index (κ3) is 4.90. The smallest absolute Gasteiger partial charge is 0.330 e. The van der Waals surface area contributed by atoms with Crippen LogP contribution in [-0.4, -0.2) is 61.8 Å². The van der Waals surface area contributed by atoms with E-state index >= 15 is 0 Å². The van der Waals surface area contributed by atoms with E-state index in [1.165, 1.54) is 13.8 Å². The lowest BCUT2D eigenvalue weighted by Gasteiger charge is -2.19. The summed E-state index contributed by atoms with van der Waals surface area (Å²) in [6.07, 6.45) is -6.41. The molecule has 2 heterocycles. The summed E-state index contributed by atoms with van der Waals surface area (Å²) in [7, 11) is -4.33. The number of nitrogens with one attached hydrogen (secondary N) is 1. The number of carboxylic acids is 1. The van der Waals surface area contributed by atoms with Crippen LogP contribution in [0.2, 0.25) is 0 Å². The molecule has 0 aromatic carbocycles. The maximum Gasteiger partial charge on any atom is 0.330 e. The van der Waals surface area contributed by atoms with E-state index in [2.05, 4.69) is 0 Å². The number of aromatic amines is 1. The lowest BCUT2D eigenvalue weighted by molar-refractivity contribution is -0.140. The molecule has 0 bridgehead atoms. The molecule has 0 aliphatic carbocycles. The maximum absolute atomic E-state index is 14.4. The van der Waals surface area contributed by atoms with Gasteiger partial charge in [-0.1, -0.05) is 6.92 Å². The number of carbonyl (C=O) groups is 1. The number of H-pyrrole nitrogens is 1. The maximum atomic E-state index is 14.4. The largest absolute Gasteiger partial charge is 0.481 e. The Labute approximate surface area is 151 Å². The van der Waals surface area contributed by atoms with Gasteiger partial charge in [0.05, 0.1) is 18.7 Å². The summed E-state index contributed by atoms with van der Waals surface area (Å²) >= 11 is 0. The zero-order chi connectivity index (χ0) is 20.5. The summed E-state index contributed by atoms with van der Waals surface area (Å²) < 4.78 is 37.0. The molecule has 1 aromatic rings. The van der Waals surface area contributed by atoms with Crippen LogP contribution in [-0.2, 0) is 18.6 Å². The second-order valence-electron chi connectivity index (χ2n) is 6.33. The molecular weight excluding hydrogens is 390 g/mol. The van der Waals surface area contributed by atoms with Crippen molar-refractivity contribution in [2.24, 2.45) is 5.92 Å². The van der Waals surface area contributed by atoms with Gasteiger partial charge in [-0.15, -0.1) is 0 Å². The number of aryl methyl sites for hydroxylation is 1. The van der Waals surface area contributed by atoms with Crippen molar-refractivity contribution in [2.45, 2.75) is 38.5 Å². The molecule has 1 aliphatic heterocycles. The summed E-state index contributed by atoms with van der Waals surface area (Å²) in [5.74, 6) is -2.44. The topological polar surface area (TPSA) is 168 Å². The highest BCUT2D eigenvalue weighted by Gasteiger charge is 2.46. The molecule has 1 aromatic heterocycles. The van der Waals surface area contributed by atoms with Gasteiger partial charge < -0.3 is 24.4 Å². The van der Waals surface area contributed by atoms with Gasteiger partial charge in [-0.05, 0) is 6.92 Å². The molecule has 13 heteroatoms. The molecule has 1 fully saturated rings. The highest BCUT2D eigenvalue weighted by atomic mass is 31.2. The predicted octanol–water partition coefficient (Wildman–Crippen LogP) is -0.636. The number of nitrogens with zero attached hydrogens (tertiary/aromatic N) is 1. The first-order chi connectivity index (χ1) is 12.4. The van der Waals surface area contributed by atoms with Crippen molar-refractivity contribution in [1.82, 2.24) is 9.55 Å². The number of aliphatic carboxylic acids is 1. The Balaban J connectivity index is 2.10. The molecule has 152 valence electrons. The van der Waals surface area contributed by atoms with Crippen LogP contribution in [0.4, 0.5) is 4.39 Å².